The minimum atomic E-state index is -1.19. The van der Waals surface area contributed by atoms with E-state index in [0.717, 1.165) is 0 Å². The number of hydrogen-bond acceptors (Lipinski definition) is 4. The molecule has 0 saturated carbocycles. The Morgan fingerprint density at radius 1 is 1.53 bits per heavy atom. The first-order valence-electron chi connectivity index (χ1n) is 6.39. The number of rotatable bonds is 6. The van der Waals surface area contributed by atoms with E-state index in [1.165, 1.54) is 0 Å². The molecule has 0 aromatic rings. The molecule has 1 saturated heterocycles. The summed E-state index contributed by atoms with van der Waals surface area (Å²) in [6.45, 7) is 5.52. The smallest absolute Gasteiger partial charge is 0.405 e. The molecule has 0 aromatic carbocycles. The fourth-order valence-electron chi connectivity index (χ4n) is 1.97. The first-order valence-corrected chi connectivity index (χ1v) is 6.39. The van der Waals surface area contributed by atoms with E-state index >= 15 is 0 Å². The number of hydrogen-bond donors (Lipinski definition) is 3. The lowest BCUT2D eigenvalue weighted by atomic mass is 9.97. The van der Waals surface area contributed by atoms with Crippen LogP contribution < -0.4 is 10.6 Å². The van der Waals surface area contributed by atoms with Crippen LogP contribution in [0.1, 0.15) is 20.3 Å². The van der Waals surface area contributed by atoms with E-state index in [1.807, 2.05) is 20.0 Å². The molecule has 0 aromatic heterocycles. The molecule has 7 nitrogen and oxygen atoms in total. The minimum absolute atomic E-state index is 0.0619. The third-order valence-electron chi connectivity index (χ3n) is 3.44. The number of carbonyl (C=O) groups is 2. The number of likely N-dealkylation sites (tertiary alicyclic amines) is 1. The molecule has 1 aliphatic heterocycles. The lowest BCUT2D eigenvalue weighted by Crippen LogP contribution is -2.54. The maximum Gasteiger partial charge on any atom is 0.405 e. The van der Waals surface area contributed by atoms with E-state index < -0.39 is 12.1 Å². The number of nitrogens with zero attached hydrogens (tertiary/aromatic N) is 2. The fraction of sp³-hybridized carbons (Fsp3) is 0.750. The van der Waals surface area contributed by atoms with Gasteiger partial charge in [0.05, 0.1) is 0 Å². The molecule has 0 spiro atoms. The highest BCUT2D eigenvalue weighted by atomic mass is 16.4. The number of carbonyl (C=O) groups excluding carboxylic acids is 1. The summed E-state index contributed by atoms with van der Waals surface area (Å²) in [5.74, 6) is -0.0914. The second-order valence-corrected chi connectivity index (χ2v) is 4.93. The van der Waals surface area contributed by atoms with Gasteiger partial charge in [-0.05, 0) is 5.92 Å². The average Bonchev–Trinajstić information content (AvgIpc) is 2.32. The van der Waals surface area contributed by atoms with Crippen molar-refractivity contribution in [2.24, 2.45) is 11.8 Å². The Labute approximate surface area is 112 Å². The Morgan fingerprint density at radius 2 is 2.16 bits per heavy atom. The van der Waals surface area contributed by atoms with Gasteiger partial charge in [0, 0.05) is 25.6 Å². The van der Waals surface area contributed by atoms with Gasteiger partial charge in [-0.1, -0.05) is 20.3 Å². The van der Waals surface area contributed by atoms with Gasteiger partial charge in [-0.25, -0.2) is 4.79 Å². The molecule has 0 bridgehead atoms. The molecule has 19 heavy (non-hydrogen) atoms. The molecule has 106 valence electrons. The van der Waals surface area contributed by atoms with Gasteiger partial charge >= 0.3 is 6.09 Å². The van der Waals surface area contributed by atoms with Crippen molar-refractivity contribution in [3.05, 3.63) is 0 Å². The monoisotopic (exact) mass is 268 g/mol. The maximum absolute atomic E-state index is 12.0. The molecular weight excluding hydrogens is 248 g/mol. The Morgan fingerprint density at radius 3 is 2.63 bits per heavy atom. The summed E-state index contributed by atoms with van der Waals surface area (Å²) in [5.41, 5.74) is 0. The Kier molecular flexibility index (Phi) is 5.42. The molecule has 0 radical (unpaired) electrons. The molecule has 2 atom stereocenters. The first kappa shape index (κ1) is 15.1. The highest BCUT2D eigenvalue weighted by Gasteiger charge is 2.29. The van der Waals surface area contributed by atoms with Gasteiger partial charge < -0.3 is 20.6 Å². The van der Waals surface area contributed by atoms with Crippen LogP contribution in [-0.2, 0) is 4.79 Å². The first-order chi connectivity index (χ1) is 8.97. The van der Waals surface area contributed by atoms with Crippen LogP contribution in [-0.4, -0.2) is 47.7 Å². The summed E-state index contributed by atoms with van der Waals surface area (Å²) in [6.07, 6.45) is 1.54. The van der Waals surface area contributed by atoms with Crippen LogP contribution in [0.5, 0.6) is 0 Å². The number of carboxylic acid groups (broad SMARTS) is 1. The zero-order valence-electron chi connectivity index (χ0n) is 11.2. The summed E-state index contributed by atoms with van der Waals surface area (Å²) in [7, 11) is 0. The SMILES string of the molecule is CC[C@H](C)[C@H](NC(=O)O)C(=O)NCC1CN(C#N)C1. The van der Waals surface area contributed by atoms with Crippen LogP contribution in [0, 0.1) is 23.3 Å². The Hall–Kier alpha value is -1.97. The summed E-state index contributed by atoms with van der Waals surface area (Å²) in [6, 6.07) is -0.727. The van der Waals surface area contributed by atoms with Crippen molar-refractivity contribution in [2.45, 2.75) is 26.3 Å². The van der Waals surface area contributed by atoms with E-state index in [4.69, 9.17) is 10.4 Å². The van der Waals surface area contributed by atoms with E-state index in [2.05, 4.69) is 10.6 Å². The van der Waals surface area contributed by atoms with Gasteiger partial charge in [0.1, 0.15) is 6.04 Å². The molecular formula is C12H20N4O3. The number of amides is 2. The zero-order valence-corrected chi connectivity index (χ0v) is 11.2. The molecule has 0 aliphatic carbocycles. The maximum atomic E-state index is 12.0. The highest BCUT2D eigenvalue weighted by molar-refractivity contribution is 5.85. The molecule has 3 N–H and O–H groups in total. The van der Waals surface area contributed by atoms with E-state index in [-0.39, 0.29) is 17.7 Å². The second kappa shape index (κ2) is 6.83. The summed E-state index contributed by atoms with van der Waals surface area (Å²) >= 11 is 0. The molecule has 1 heterocycles. The number of nitrogens with one attached hydrogen (secondary N) is 2. The summed E-state index contributed by atoms with van der Waals surface area (Å²) in [5, 5.41) is 22.3. The predicted molar refractivity (Wildman–Crippen MR) is 68.1 cm³/mol. The minimum Gasteiger partial charge on any atom is -0.465 e. The topological polar surface area (TPSA) is 105 Å². The van der Waals surface area contributed by atoms with Gasteiger partial charge in [-0.2, -0.15) is 5.26 Å². The van der Waals surface area contributed by atoms with Crippen molar-refractivity contribution in [1.82, 2.24) is 15.5 Å². The zero-order chi connectivity index (χ0) is 14.4. The van der Waals surface area contributed by atoms with Crippen molar-refractivity contribution in [3.8, 4) is 6.19 Å². The summed E-state index contributed by atoms with van der Waals surface area (Å²) < 4.78 is 0. The molecule has 7 heteroatoms. The largest absolute Gasteiger partial charge is 0.465 e. The van der Waals surface area contributed by atoms with Crippen molar-refractivity contribution >= 4 is 12.0 Å². The van der Waals surface area contributed by atoms with Crippen molar-refractivity contribution in [3.63, 3.8) is 0 Å². The van der Waals surface area contributed by atoms with Crippen LogP contribution in [0.3, 0.4) is 0 Å². The van der Waals surface area contributed by atoms with E-state index in [0.29, 0.717) is 26.1 Å². The average molecular weight is 268 g/mol. The second-order valence-electron chi connectivity index (χ2n) is 4.93. The highest BCUT2D eigenvalue weighted by Crippen LogP contribution is 2.13. The molecule has 1 aliphatic rings. The normalized spacial score (nSPS) is 17.8. The van der Waals surface area contributed by atoms with Crippen LogP contribution >= 0.6 is 0 Å². The number of nitriles is 1. The molecule has 1 fully saturated rings. The van der Waals surface area contributed by atoms with Crippen molar-refractivity contribution in [2.75, 3.05) is 19.6 Å². The van der Waals surface area contributed by atoms with E-state index in [1.54, 1.807) is 4.90 Å². The molecule has 0 unspecified atom stereocenters. The third-order valence-corrected chi connectivity index (χ3v) is 3.44. The van der Waals surface area contributed by atoms with Crippen LogP contribution in [0.2, 0.25) is 0 Å². The van der Waals surface area contributed by atoms with Gasteiger partial charge in [0.15, 0.2) is 6.19 Å². The standard InChI is InChI=1S/C12H20N4O3/c1-3-8(2)10(15-12(18)19)11(17)14-4-9-5-16(6-9)7-13/h8-10,15H,3-6H2,1-2H3,(H,14,17)(H,18,19)/t8-,10-/m0/s1. The molecule has 2 amide bonds. The molecule has 1 rings (SSSR count). The Balaban J connectivity index is 2.40. The van der Waals surface area contributed by atoms with Crippen LogP contribution in [0.4, 0.5) is 4.79 Å². The van der Waals surface area contributed by atoms with Crippen LogP contribution in [0.25, 0.3) is 0 Å². The van der Waals surface area contributed by atoms with Gasteiger partial charge in [0.25, 0.3) is 0 Å². The van der Waals surface area contributed by atoms with Gasteiger partial charge in [-0.3, -0.25) is 4.79 Å². The third kappa shape index (κ3) is 4.32. The van der Waals surface area contributed by atoms with Gasteiger partial charge in [-0.15, -0.1) is 0 Å². The van der Waals surface area contributed by atoms with Crippen LogP contribution in [0.15, 0.2) is 0 Å². The predicted octanol–water partition coefficient (Wildman–Crippen LogP) is 0.198. The van der Waals surface area contributed by atoms with Crippen molar-refractivity contribution in [1.29, 1.82) is 5.26 Å². The fourth-order valence-corrected chi connectivity index (χ4v) is 1.97. The Bertz CT molecular complexity index is 374. The summed E-state index contributed by atoms with van der Waals surface area (Å²) in [4.78, 5) is 24.3. The van der Waals surface area contributed by atoms with E-state index in [9.17, 15) is 9.59 Å². The quantitative estimate of drug-likeness (QED) is 0.597. The lowest BCUT2D eigenvalue weighted by Gasteiger charge is -2.35. The van der Waals surface area contributed by atoms with Crippen molar-refractivity contribution < 1.29 is 14.7 Å². The lowest BCUT2D eigenvalue weighted by molar-refractivity contribution is -0.124. The van der Waals surface area contributed by atoms with Gasteiger partial charge in [0.2, 0.25) is 5.91 Å².